The van der Waals surface area contributed by atoms with Gasteiger partial charge in [-0.05, 0) is 67.3 Å². The Labute approximate surface area is 184 Å². The van der Waals surface area contributed by atoms with Crippen molar-refractivity contribution in [2.75, 3.05) is 26.4 Å². The van der Waals surface area contributed by atoms with Crippen molar-refractivity contribution < 1.29 is 4.79 Å². The number of rotatable bonds is 6. The third-order valence-corrected chi connectivity index (χ3v) is 6.21. The number of hydrogen-bond acceptors (Lipinski definition) is 3. The van der Waals surface area contributed by atoms with Gasteiger partial charge in [0.2, 0.25) is 0 Å². The zero-order valence-electron chi connectivity index (χ0n) is 18.2. The van der Waals surface area contributed by atoms with E-state index in [1.807, 2.05) is 29.2 Å². The van der Waals surface area contributed by atoms with E-state index in [2.05, 4.69) is 47.0 Å². The Kier molecular flexibility index (Phi) is 8.20. The Bertz CT molecular complexity index is 891. The van der Waals surface area contributed by atoms with E-state index in [4.69, 9.17) is 0 Å². The van der Waals surface area contributed by atoms with Gasteiger partial charge < -0.3 is 15.5 Å². The summed E-state index contributed by atoms with van der Waals surface area (Å²) in [6, 6.07) is 14.4. The molecule has 1 saturated heterocycles. The quantitative estimate of drug-likeness (QED) is 0.414. The summed E-state index contributed by atoms with van der Waals surface area (Å²) in [6.07, 6.45) is 5.53. The fourth-order valence-corrected chi connectivity index (χ4v) is 4.38. The summed E-state index contributed by atoms with van der Waals surface area (Å²) in [4.78, 5) is 20.3. The van der Waals surface area contributed by atoms with Crippen LogP contribution in [0.25, 0.3) is 0 Å². The Morgan fingerprint density at radius 3 is 2.57 bits per heavy atom. The van der Waals surface area contributed by atoms with Crippen molar-refractivity contribution in [1.82, 2.24) is 15.5 Å². The molecule has 1 fully saturated rings. The first-order chi connectivity index (χ1) is 14.6. The minimum Gasteiger partial charge on any atom is -0.352 e. The molecule has 0 bridgehead atoms. The number of aliphatic imine (C=N–C) groups is 1. The van der Waals surface area contributed by atoms with Crippen LogP contribution in [0.5, 0.6) is 0 Å². The van der Waals surface area contributed by atoms with E-state index < -0.39 is 0 Å². The van der Waals surface area contributed by atoms with E-state index in [0.29, 0.717) is 13.1 Å². The molecule has 2 N–H and O–H groups in total. The van der Waals surface area contributed by atoms with Gasteiger partial charge in [0.05, 0.1) is 0 Å². The van der Waals surface area contributed by atoms with E-state index >= 15 is 0 Å². The normalized spacial score (nSPS) is 14.5. The second-order valence-electron chi connectivity index (χ2n) is 7.65. The van der Waals surface area contributed by atoms with Crippen molar-refractivity contribution in [3.8, 4) is 0 Å². The Morgan fingerprint density at radius 1 is 1.07 bits per heavy atom. The zero-order chi connectivity index (χ0) is 21.3. The first kappa shape index (κ1) is 22.2. The smallest absolute Gasteiger partial charge is 0.253 e. The number of carbonyl (C=O) groups excluding carboxylic acids is 1. The van der Waals surface area contributed by atoms with Crippen molar-refractivity contribution in [3.05, 3.63) is 64.7 Å². The number of carbonyl (C=O) groups is 1. The van der Waals surface area contributed by atoms with Gasteiger partial charge in [-0.1, -0.05) is 24.3 Å². The highest BCUT2D eigenvalue weighted by Gasteiger charge is 2.18. The molecule has 30 heavy (non-hydrogen) atoms. The summed E-state index contributed by atoms with van der Waals surface area (Å²) in [5, 5.41) is 6.75. The SMILES string of the molecule is CN=C(NCc1cccc(C(=O)N2CCCCC2)c1)NCc1ccc(C)cc1SC. The molecule has 2 aromatic carbocycles. The summed E-state index contributed by atoms with van der Waals surface area (Å²) in [7, 11) is 1.77. The van der Waals surface area contributed by atoms with Crippen LogP contribution < -0.4 is 10.6 Å². The van der Waals surface area contributed by atoms with Gasteiger partial charge in [-0.3, -0.25) is 9.79 Å². The first-order valence-corrected chi connectivity index (χ1v) is 11.8. The molecule has 0 unspecified atom stereocenters. The molecule has 0 atom stereocenters. The van der Waals surface area contributed by atoms with Gasteiger partial charge in [-0.2, -0.15) is 0 Å². The molecule has 5 nitrogen and oxygen atoms in total. The number of nitrogens with zero attached hydrogens (tertiary/aromatic N) is 2. The highest BCUT2D eigenvalue weighted by atomic mass is 32.2. The Hall–Kier alpha value is -2.47. The number of nitrogens with one attached hydrogen (secondary N) is 2. The standard InChI is InChI=1S/C24H32N4OS/c1-18-10-11-21(22(14-18)30-3)17-27-24(25-2)26-16-19-8-7-9-20(15-19)23(29)28-12-5-4-6-13-28/h7-11,14-15H,4-6,12-13,16-17H2,1-3H3,(H2,25,26,27). The monoisotopic (exact) mass is 424 g/mol. The maximum absolute atomic E-state index is 12.8. The van der Waals surface area contributed by atoms with Crippen LogP contribution >= 0.6 is 11.8 Å². The van der Waals surface area contributed by atoms with Crippen molar-refractivity contribution in [3.63, 3.8) is 0 Å². The molecule has 3 rings (SSSR count). The molecule has 0 saturated carbocycles. The molecule has 1 aliphatic rings. The van der Waals surface area contributed by atoms with Crippen molar-refractivity contribution in [1.29, 1.82) is 0 Å². The molecule has 1 aliphatic heterocycles. The second-order valence-corrected chi connectivity index (χ2v) is 8.50. The minimum atomic E-state index is 0.142. The van der Waals surface area contributed by atoms with Crippen molar-refractivity contribution in [2.24, 2.45) is 4.99 Å². The van der Waals surface area contributed by atoms with Crippen LogP contribution in [0.15, 0.2) is 52.4 Å². The van der Waals surface area contributed by atoms with Crippen LogP contribution in [-0.2, 0) is 13.1 Å². The lowest BCUT2D eigenvalue weighted by Crippen LogP contribution is -2.37. The summed E-state index contributed by atoms with van der Waals surface area (Å²) in [5.41, 5.74) is 4.36. The number of benzene rings is 2. The molecule has 1 heterocycles. The molecule has 0 spiro atoms. The minimum absolute atomic E-state index is 0.142. The third kappa shape index (κ3) is 6.02. The van der Waals surface area contributed by atoms with Gasteiger partial charge in [0, 0.05) is 43.7 Å². The lowest BCUT2D eigenvalue weighted by atomic mass is 10.1. The number of likely N-dealkylation sites (tertiary alicyclic amines) is 1. The van der Waals surface area contributed by atoms with Crippen molar-refractivity contribution >= 4 is 23.6 Å². The highest BCUT2D eigenvalue weighted by Crippen LogP contribution is 2.21. The summed E-state index contributed by atoms with van der Waals surface area (Å²) in [5.74, 6) is 0.887. The topological polar surface area (TPSA) is 56.7 Å². The molecule has 160 valence electrons. The van der Waals surface area contributed by atoms with E-state index in [9.17, 15) is 4.79 Å². The second kappa shape index (κ2) is 11.1. The van der Waals surface area contributed by atoms with E-state index in [0.717, 1.165) is 43.0 Å². The van der Waals surface area contributed by atoms with E-state index in [-0.39, 0.29) is 5.91 Å². The van der Waals surface area contributed by atoms with Gasteiger partial charge in [0.1, 0.15) is 0 Å². The van der Waals surface area contributed by atoms with Gasteiger partial charge in [-0.15, -0.1) is 11.8 Å². The van der Waals surface area contributed by atoms with E-state index in [1.165, 1.54) is 22.4 Å². The van der Waals surface area contributed by atoms with E-state index in [1.54, 1.807) is 18.8 Å². The van der Waals surface area contributed by atoms with Gasteiger partial charge in [-0.25, -0.2) is 0 Å². The van der Waals surface area contributed by atoms with Crippen LogP contribution in [0.2, 0.25) is 0 Å². The number of aryl methyl sites for hydroxylation is 1. The van der Waals surface area contributed by atoms with Crippen LogP contribution in [0.1, 0.15) is 46.3 Å². The average Bonchev–Trinajstić information content (AvgIpc) is 2.80. The summed E-state index contributed by atoms with van der Waals surface area (Å²) >= 11 is 1.76. The molecule has 0 radical (unpaired) electrons. The molecule has 1 amide bonds. The number of piperidine rings is 1. The Morgan fingerprint density at radius 2 is 1.83 bits per heavy atom. The maximum Gasteiger partial charge on any atom is 0.253 e. The maximum atomic E-state index is 12.8. The fourth-order valence-electron chi connectivity index (χ4n) is 3.68. The number of guanidine groups is 1. The average molecular weight is 425 g/mol. The molecule has 6 heteroatoms. The molecule has 0 aromatic heterocycles. The first-order valence-electron chi connectivity index (χ1n) is 10.6. The molecule has 0 aliphatic carbocycles. The van der Waals surface area contributed by atoms with Crippen LogP contribution in [0.4, 0.5) is 0 Å². The Balaban J connectivity index is 1.57. The summed E-state index contributed by atoms with van der Waals surface area (Å²) < 4.78 is 0. The lowest BCUT2D eigenvalue weighted by molar-refractivity contribution is 0.0724. The fraction of sp³-hybridized carbons (Fsp3) is 0.417. The zero-order valence-corrected chi connectivity index (χ0v) is 19.0. The highest BCUT2D eigenvalue weighted by molar-refractivity contribution is 7.98. The van der Waals surface area contributed by atoms with Crippen molar-refractivity contribution in [2.45, 2.75) is 44.2 Å². The van der Waals surface area contributed by atoms with Crippen LogP contribution in [0.3, 0.4) is 0 Å². The van der Waals surface area contributed by atoms with Gasteiger partial charge in [0.25, 0.3) is 5.91 Å². The van der Waals surface area contributed by atoms with Crippen LogP contribution in [0, 0.1) is 6.92 Å². The third-order valence-electron chi connectivity index (χ3n) is 5.39. The molecular formula is C24H32N4OS. The van der Waals surface area contributed by atoms with Gasteiger partial charge >= 0.3 is 0 Å². The molecule has 2 aromatic rings. The predicted octanol–water partition coefficient (Wildman–Crippen LogP) is 4.21. The molecular weight excluding hydrogens is 392 g/mol. The largest absolute Gasteiger partial charge is 0.352 e. The predicted molar refractivity (Wildman–Crippen MR) is 126 cm³/mol. The van der Waals surface area contributed by atoms with Crippen LogP contribution in [-0.4, -0.2) is 43.2 Å². The lowest BCUT2D eigenvalue weighted by Gasteiger charge is -2.26. The van der Waals surface area contributed by atoms with Gasteiger partial charge in [0.15, 0.2) is 5.96 Å². The number of amides is 1. The summed E-state index contributed by atoms with van der Waals surface area (Å²) in [6.45, 7) is 5.18. The number of hydrogen-bond donors (Lipinski definition) is 2. The number of thioether (sulfide) groups is 1.